The molecular weight excluding hydrogens is 502 g/mol. The van der Waals surface area contributed by atoms with Crippen molar-refractivity contribution < 1.29 is 30.6 Å². The Hall–Kier alpha value is -1.02. The minimum absolute atomic E-state index is 0.151. The third kappa shape index (κ3) is 9.51. The number of β-amino-alcohol motifs (C(OH)–C–C–N with tert-alkyl or cyclic N) is 1. The number of rotatable bonds is 13. The van der Waals surface area contributed by atoms with Crippen LogP contribution in [0.15, 0.2) is 12.4 Å². The van der Waals surface area contributed by atoms with Crippen molar-refractivity contribution in [2.45, 2.75) is 45.8 Å². The lowest BCUT2D eigenvalue weighted by atomic mass is 9.65. The van der Waals surface area contributed by atoms with Crippen LogP contribution in [-0.2, 0) is 0 Å². The van der Waals surface area contributed by atoms with Gasteiger partial charge in [-0.3, -0.25) is 4.90 Å². The topological polar surface area (TPSA) is 138 Å². The molecule has 1 unspecified atom stereocenters. The van der Waals surface area contributed by atoms with Crippen LogP contribution in [0.4, 0.5) is 0 Å². The van der Waals surface area contributed by atoms with Gasteiger partial charge in [-0.2, -0.15) is 0 Å². The zero-order chi connectivity index (χ0) is 28.9. The van der Waals surface area contributed by atoms with Gasteiger partial charge >= 0.3 is 0 Å². The van der Waals surface area contributed by atoms with E-state index < -0.39 is 49.5 Å². The lowest BCUT2D eigenvalue weighted by molar-refractivity contribution is -0.196. The molecule has 0 aromatic carbocycles. The second-order valence-electron chi connectivity index (χ2n) is 11.7. The molecule has 11 heteroatoms. The fraction of sp³-hybridized carbons (Fsp3) is 0.929. The van der Waals surface area contributed by atoms with Crippen LogP contribution in [0.2, 0.25) is 0 Å². The van der Waals surface area contributed by atoms with Crippen LogP contribution < -0.4 is 0 Å². The number of nitrogens with zero attached hydrogens (tertiary/aromatic N) is 5. The van der Waals surface area contributed by atoms with Crippen molar-refractivity contribution in [1.29, 1.82) is 0 Å². The summed E-state index contributed by atoms with van der Waals surface area (Å²) in [5.74, 6) is 0. The highest BCUT2D eigenvalue weighted by Gasteiger charge is 2.55. The molecule has 1 saturated heterocycles. The quantitative estimate of drug-likeness (QED) is 0.157. The van der Waals surface area contributed by atoms with Gasteiger partial charge in [0.15, 0.2) is 0 Å². The number of piperidine rings is 1. The second kappa shape index (κ2) is 17.1. The molecular formula is C28H57N5O6. The van der Waals surface area contributed by atoms with Gasteiger partial charge in [0.1, 0.15) is 0 Å². The van der Waals surface area contributed by atoms with E-state index in [9.17, 15) is 30.6 Å². The molecule has 0 aromatic rings. The predicted octanol–water partition coefficient (Wildman–Crippen LogP) is -1.50. The highest BCUT2D eigenvalue weighted by atomic mass is 16.3. The highest BCUT2D eigenvalue weighted by Crippen LogP contribution is 2.40. The van der Waals surface area contributed by atoms with E-state index in [1.807, 2.05) is 4.90 Å². The third-order valence-corrected chi connectivity index (χ3v) is 8.52. The molecule has 0 bridgehead atoms. The SMILES string of the molecule is CCCN1CCN(CC)/C=C\N(CC(O)CN2CC(CO)(CO)C(O)C(CO)(CO)C2)CCN(CCC)CC1. The maximum absolute atomic E-state index is 11.2. The van der Waals surface area contributed by atoms with E-state index in [1.54, 1.807) is 0 Å². The average Bonchev–Trinajstić information content (AvgIpc) is 2.94. The van der Waals surface area contributed by atoms with Crippen molar-refractivity contribution in [2.75, 3.05) is 112 Å². The molecule has 2 rings (SSSR count). The molecule has 2 aliphatic rings. The van der Waals surface area contributed by atoms with Gasteiger partial charge in [0.25, 0.3) is 0 Å². The summed E-state index contributed by atoms with van der Waals surface area (Å²) in [5, 5.41) is 62.3. The minimum Gasteiger partial charge on any atom is -0.396 e. The molecule has 0 radical (unpaired) electrons. The lowest BCUT2D eigenvalue weighted by Gasteiger charge is -2.54. The average molecular weight is 560 g/mol. The largest absolute Gasteiger partial charge is 0.396 e. The predicted molar refractivity (Wildman–Crippen MR) is 153 cm³/mol. The van der Waals surface area contributed by atoms with Gasteiger partial charge in [0.05, 0.1) is 49.5 Å². The van der Waals surface area contributed by atoms with Crippen LogP contribution in [0.5, 0.6) is 0 Å². The van der Waals surface area contributed by atoms with Crippen molar-refractivity contribution in [3.05, 3.63) is 12.4 Å². The number of aliphatic hydroxyl groups is 6. The normalized spacial score (nSPS) is 24.3. The standard InChI is InChI=1S/C28H57N5O6/c1-4-7-30-11-9-29(6-3)10-15-32(16-14-31(8-5-2)13-12-30)17-25(38)18-33-19-27(21-34,22-35)26(39)28(20-33,23-36)24-37/h10,15,25-26,34-39H,4-9,11-14,16-24H2,1-3H3/b15-10-. The van der Waals surface area contributed by atoms with Crippen LogP contribution in [-0.4, -0.2) is 179 Å². The molecule has 0 aliphatic carbocycles. The molecule has 0 saturated carbocycles. The monoisotopic (exact) mass is 559 g/mol. The van der Waals surface area contributed by atoms with Crippen LogP contribution in [0, 0.1) is 10.8 Å². The maximum Gasteiger partial charge on any atom is 0.0841 e. The highest BCUT2D eigenvalue weighted by molar-refractivity contribution is 5.05. The van der Waals surface area contributed by atoms with Crippen LogP contribution in [0.1, 0.15) is 33.6 Å². The van der Waals surface area contributed by atoms with E-state index in [0.717, 1.165) is 71.7 Å². The first-order valence-electron chi connectivity index (χ1n) is 14.9. The fourth-order valence-electron chi connectivity index (χ4n) is 6.05. The zero-order valence-corrected chi connectivity index (χ0v) is 24.7. The molecule has 0 amide bonds. The van der Waals surface area contributed by atoms with Crippen molar-refractivity contribution >= 4 is 0 Å². The molecule has 0 spiro atoms. The van der Waals surface area contributed by atoms with E-state index in [2.05, 4.69) is 52.8 Å². The Morgan fingerprint density at radius 2 is 1.10 bits per heavy atom. The number of likely N-dealkylation sites (N-methyl/N-ethyl adjacent to an activating group) is 1. The molecule has 39 heavy (non-hydrogen) atoms. The summed E-state index contributed by atoms with van der Waals surface area (Å²) in [6, 6.07) is 0. The summed E-state index contributed by atoms with van der Waals surface area (Å²) >= 11 is 0. The molecule has 2 aliphatic heterocycles. The number of aliphatic hydroxyl groups excluding tert-OH is 6. The molecule has 6 N–H and O–H groups in total. The molecule has 230 valence electrons. The van der Waals surface area contributed by atoms with Crippen molar-refractivity contribution in [2.24, 2.45) is 10.8 Å². The van der Waals surface area contributed by atoms with E-state index in [0.29, 0.717) is 6.54 Å². The molecule has 1 fully saturated rings. The summed E-state index contributed by atoms with van der Waals surface area (Å²) in [4.78, 5) is 11.3. The smallest absolute Gasteiger partial charge is 0.0841 e. The van der Waals surface area contributed by atoms with Crippen molar-refractivity contribution in [3.8, 4) is 0 Å². The zero-order valence-electron chi connectivity index (χ0n) is 24.7. The first kappa shape index (κ1) is 34.2. The number of hydrogen-bond acceptors (Lipinski definition) is 11. The Balaban J connectivity index is 2.15. The van der Waals surface area contributed by atoms with Gasteiger partial charge in [0, 0.05) is 84.4 Å². The molecule has 2 heterocycles. The summed E-state index contributed by atoms with van der Waals surface area (Å²) in [6.07, 6.45) is 4.39. The Labute approximate surface area is 235 Å². The summed E-state index contributed by atoms with van der Waals surface area (Å²) in [5.41, 5.74) is -2.60. The van der Waals surface area contributed by atoms with Gasteiger partial charge < -0.3 is 50.2 Å². The van der Waals surface area contributed by atoms with Gasteiger partial charge in [-0.1, -0.05) is 13.8 Å². The van der Waals surface area contributed by atoms with E-state index in [1.165, 1.54) is 0 Å². The minimum atomic E-state index is -1.30. The van der Waals surface area contributed by atoms with E-state index >= 15 is 0 Å². The van der Waals surface area contributed by atoms with Gasteiger partial charge in [0.2, 0.25) is 0 Å². The van der Waals surface area contributed by atoms with Crippen LogP contribution in [0.3, 0.4) is 0 Å². The summed E-state index contributed by atoms with van der Waals surface area (Å²) in [7, 11) is 0. The van der Waals surface area contributed by atoms with E-state index in [-0.39, 0.29) is 19.6 Å². The van der Waals surface area contributed by atoms with Crippen molar-refractivity contribution in [1.82, 2.24) is 24.5 Å². The lowest BCUT2D eigenvalue weighted by Crippen LogP contribution is -2.68. The number of hydrogen-bond donors (Lipinski definition) is 6. The van der Waals surface area contributed by atoms with E-state index in [4.69, 9.17) is 0 Å². The Morgan fingerprint density at radius 1 is 0.667 bits per heavy atom. The van der Waals surface area contributed by atoms with Gasteiger partial charge in [-0.15, -0.1) is 0 Å². The second-order valence-corrected chi connectivity index (χ2v) is 11.7. The van der Waals surface area contributed by atoms with Gasteiger partial charge in [-0.05, 0) is 32.9 Å². The van der Waals surface area contributed by atoms with Crippen LogP contribution in [0.25, 0.3) is 0 Å². The maximum atomic E-state index is 11.2. The Bertz CT molecular complexity index is 671. The molecule has 1 atom stereocenters. The fourth-order valence-corrected chi connectivity index (χ4v) is 6.05. The summed E-state index contributed by atoms with van der Waals surface area (Å²) in [6.45, 7) is 14.3. The first-order chi connectivity index (χ1) is 18.7. The number of likely N-dealkylation sites (tertiary alicyclic amines) is 1. The first-order valence-corrected chi connectivity index (χ1v) is 14.9. The van der Waals surface area contributed by atoms with Crippen LogP contribution >= 0.6 is 0 Å². The Kier molecular flexibility index (Phi) is 14.9. The summed E-state index contributed by atoms with van der Waals surface area (Å²) < 4.78 is 0. The third-order valence-electron chi connectivity index (χ3n) is 8.52. The van der Waals surface area contributed by atoms with Crippen molar-refractivity contribution in [3.63, 3.8) is 0 Å². The van der Waals surface area contributed by atoms with Gasteiger partial charge in [-0.25, -0.2) is 0 Å². The molecule has 0 aromatic heterocycles. The molecule has 11 nitrogen and oxygen atoms in total. The Morgan fingerprint density at radius 3 is 1.54 bits per heavy atom.